The normalized spacial score (nSPS) is 10.8. The zero-order valence-electron chi connectivity index (χ0n) is 8.54. The van der Waals surface area contributed by atoms with Crippen molar-refractivity contribution in [3.05, 3.63) is 49.2 Å². The molecular weight excluding hydrogens is 200 g/mol. The van der Waals surface area contributed by atoms with Gasteiger partial charge in [-0.25, -0.2) is 4.98 Å². The molecule has 0 saturated carbocycles. The van der Waals surface area contributed by atoms with Crippen molar-refractivity contribution in [2.24, 2.45) is 0 Å². The summed E-state index contributed by atoms with van der Waals surface area (Å²) in [7, 11) is 0. The Bertz CT molecular complexity index is 628. The van der Waals surface area contributed by atoms with Gasteiger partial charge in [-0.15, -0.1) is 0 Å². The SMILES string of the molecule is Nc1cc2cc(-c3ccncc3)cn2cn1. The predicted octanol–water partition coefficient (Wildman–Crippen LogP) is 1.98. The quantitative estimate of drug-likeness (QED) is 0.668. The number of aromatic nitrogens is 3. The van der Waals surface area contributed by atoms with Gasteiger partial charge in [-0.05, 0) is 23.8 Å². The summed E-state index contributed by atoms with van der Waals surface area (Å²) in [6, 6.07) is 7.88. The third-order valence-electron chi connectivity index (χ3n) is 2.52. The number of fused-ring (bicyclic) bond motifs is 1. The van der Waals surface area contributed by atoms with Crippen LogP contribution in [0.3, 0.4) is 0 Å². The number of hydrogen-bond acceptors (Lipinski definition) is 3. The van der Waals surface area contributed by atoms with Crippen molar-refractivity contribution >= 4 is 11.3 Å². The van der Waals surface area contributed by atoms with Crippen molar-refractivity contribution in [1.29, 1.82) is 0 Å². The molecule has 0 unspecified atom stereocenters. The highest BCUT2D eigenvalue weighted by molar-refractivity contribution is 5.70. The van der Waals surface area contributed by atoms with Crippen LogP contribution in [0.2, 0.25) is 0 Å². The summed E-state index contributed by atoms with van der Waals surface area (Å²) in [6.07, 6.45) is 7.31. The number of anilines is 1. The Hall–Kier alpha value is -2.36. The fourth-order valence-electron chi connectivity index (χ4n) is 1.73. The van der Waals surface area contributed by atoms with E-state index in [9.17, 15) is 0 Å². The van der Waals surface area contributed by atoms with Crippen LogP contribution in [0.5, 0.6) is 0 Å². The number of nitrogens with zero attached hydrogens (tertiary/aromatic N) is 3. The zero-order chi connectivity index (χ0) is 11.0. The van der Waals surface area contributed by atoms with Gasteiger partial charge in [0.1, 0.15) is 12.1 Å². The van der Waals surface area contributed by atoms with Crippen molar-refractivity contribution < 1.29 is 0 Å². The van der Waals surface area contributed by atoms with Gasteiger partial charge in [-0.1, -0.05) is 0 Å². The molecule has 0 fully saturated rings. The molecular formula is C12H10N4. The molecule has 0 saturated heterocycles. The van der Waals surface area contributed by atoms with E-state index in [0.29, 0.717) is 5.82 Å². The third-order valence-corrected chi connectivity index (χ3v) is 2.52. The van der Waals surface area contributed by atoms with E-state index in [1.54, 1.807) is 18.7 Å². The standard InChI is InChI=1S/C12H10N4/c13-12-6-11-5-10(7-16(11)8-15-12)9-1-3-14-4-2-9/h1-8H,13H2. The molecule has 0 atom stereocenters. The van der Waals surface area contributed by atoms with Crippen molar-refractivity contribution in [3.63, 3.8) is 0 Å². The van der Waals surface area contributed by atoms with Gasteiger partial charge in [-0.3, -0.25) is 4.98 Å². The van der Waals surface area contributed by atoms with Gasteiger partial charge in [0.2, 0.25) is 0 Å². The second-order valence-electron chi connectivity index (χ2n) is 3.61. The van der Waals surface area contributed by atoms with E-state index in [1.165, 1.54) is 0 Å². The van der Waals surface area contributed by atoms with Crippen LogP contribution in [0.4, 0.5) is 5.82 Å². The Morgan fingerprint density at radius 3 is 2.69 bits per heavy atom. The lowest BCUT2D eigenvalue weighted by Crippen LogP contribution is -1.91. The number of pyridine rings is 1. The van der Waals surface area contributed by atoms with Crippen LogP contribution in [0.15, 0.2) is 49.2 Å². The van der Waals surface area contributed by atoms with Gasteiger partial charge >= 0.3 is 0 Å². The molecule has 0 aliphatic rings. The molecule has 2 N–H and O–H groups in total. The molecule has 0 radical (unpaired) electrons. The maximum absolute atomic E-state index is 5.64. The van der Waals surface area contributed by atoms with Gasteiger partial charge in [0.15, 0.2) is 0 Å². The first-order valence-corrected chi connectivity index (χ1v) is 4.96. The van der Waals surface area contributed by atoms with Crippen LogP contribution >= 0.6 is 0 Å². The fourth-order valence-corrected chi connectivity index (χ4v) is 1.73. The van der Waals surface area contributed by atoms with Gasteiger partial charge in [0.25, 0.3) is 0 Å². The number of nitrogens with two attached hydrogens (primary N) is 1. The smallest absolute Gasteiger partial charge is 0.127 e. The molecule has 78 valence electrons. The molecule has 0 aliphatic carbocycles. The molecule has 0 spiro atoms. The van der Waals surface area contributed by atoms with Crippen LogP contribution in [-0.2, 0) is 0 Å². The number of nitrogen functional groups attached to an aromatic ring is 1. The van der Waals surface area contributed by atoms with Crippen LogP contribution in [0.25, 0.3) is 16.6 Å². The van der Waals surface area contributed by atoms with E-state index in [2.05, 4.69) is 16.0 Å². The summed E-state index contributed by atoms with van der Waals surface area (Å²) in [6.45, 7) is 0. The van der Waals surface area contributed by atoms with Crippen molar-refractivity contribution in [3.8, 4) is 11.1 Å². The highest BCUT2D eigenvalue weighted by Gasteiger charge is 2.02. The molecule has 0 bridgehead atoms. The molecule has 3 rings (SSSR count). The summed E-state index contributed by atoms with van der Waals surface area (Å²) in [5.41, 5.74) is 8.95. The molecule has 4 heteroatoms. The minimum atomic E-state index is 0.534. The van der Waals surface area contributed by atoms with Crippen LogP contribution < -0.4 is 5.73 Å². The summed E-state index contributed by atoms with van der Waals surface area (Å²) in [4.78, 5) is 8.04. The maximum atomic E-state index is 5.64. The summed E-state index contributed by atoms with van der Waals surface area (Å²) in [5, 5.41) is 0. The van der Waals surface area contributed by atoms with Gasteiger partial charge < -0.3 is 10.1 Å². The highest BCUT2D eigenvalue weighted by Crippen LogP contribution is 2.22. The van der Waals surface area contributed by atoms with Gasteiger partial charge in [-0.2, -0.15) is 0 Å². The third kappa shape index (κ3) is 1.40. The molecule has 0 amide bonds. The average molecular weight is 210 g/mol. The highest BCUT2D eigenvalue weighted by atomic mass is 15.0. The van der Waals surface area contributed by atoms with Crippen molar-refractivity contribution in [1.82, 2.24) is 14.4 Å². The first kappa shape index (κ1) is 8.91. The van der Waals surface area contributed by atoms with E-state index >= 15 is 0 Å². The molecule has 4 nitrogen and oxygen atoms in total. The Morgan fingerprint density at radius 1 is 1.06 bits per heavy atom. The number of hydrogen-bond donors (Lipinski definition) is 1. The largest absolute Gasteiger partial charge is 0.384 e. The van der Waals surface area contributed by atoms with Crippen LogP contribution in [0.1, 0.15) is 0 Å². The predicted molar refractivity (Wildman–Crippen MR) is 62.8 cm³/mol. The van der Waals surface area contributed by atoms with E-state index in [-0.39, 0.29) is 0 Å². The summed E-state index contributed by atoms with van der Waals surface area (Å²) < 4.78 is 1.95. The van der Waals surface area contributed by atoms with Gasteiger partial charge in [0, 0.05) is 30.2 Å². The Kier molecular flexibility index (Phi) is 1.86. The minimum Gasteiger partial charge on any atom is -0.384 e. The lowest BCUT2D eigenvalue weighted by molar-refractivity contribution is 1.10. The second-order valence-corrected chi connectivity index (χ2v) is 3.61. The fraction of sp³-hybridized carbons (Fsp3) is 0. The van der Waals surface area contributed by atoms with Crippen LogP contribution in [0, 0.1) is 0 Å². The maximum Gasteiger partial charge on any atom is 0.127 e. The molecule has 3 aromatic heterocycles. The minimum absolute atomic E-state index is 0.534. The Balaban J connectivity index is 2.19. The van der Waals surface area contributed by atoms with Crippen LogP contribution in [-0.4, -0.2) is 14.4 Å². The lowest BCUT2D eigenvalue weighted by atomic mass is 10.1. The first-order valence-electron chi connectivity index (χ1n) is 4.96. The van der Waals surface area contributed by atoms with E-state index in [4.69, 9.17) is 5.73 Å². The zero-order valence-corrected chi connectivity index (χ0v) is 8.54. The van der Waals surface area contributed by atoms with Crippen molar-refractivity contribution in [2.75, 3.05) is 5.73 Å². The Morgan fingerprint density at radius 2 is 1.88 bits per heavy atom. The number of rotatable bonds is 1. The summed E-state index contributed by atoms with van der Waals surface area (Å²) in [5.74, 6) is 0.534. The topological polar surface area (TPSA) is 56.2 Å². The molecule has 3 heterocycles. The molecule has 3 aromatic rings. The molecule has 0 aliphatic heterocycles. The van der Waals surface area contributed by atoms with Crippen molar-refractivity contribution in [2.45, 2.75) is 0 Å². The molecule has 0 aromatic carbocycles. The lowest BCUT2D eigenvalue weighted by Gasteiger charge is -1.94. The average Bonchev–Trinajstić information content (AvgIpc) is 2.73. The molecule has 16 heavy (non-hydrogen) atoms. The first-order chi connectivity index (χ1) is 7.83. The Labute approximate surface area is 92.4 Å². The second kappa shape index (κ2) is 3.34. The monoisotopic (exact) mass is 210 g/mol. The van der Waals surface area contributed by atoms with Gasteiger partial charge in [0.05, 0.1) is 5.52 Å². The van der Waals surface area contributed by atoms with E-state index in [1.807, 2.05) is 28.8 Å². The van der Waals surface area contributed by atoms with E-state index < -0.39 is 0 Å². The summed E-state index contributed by atoms with van der Waals surface area (Å²) >= 11 is 0. The van der Waals surface area contributed by atoms with E-state index in [0.717, 1.165) is 16.6 Å².